The molecular formula is C28H19F5IrN3O-. The zero-order valence-corrected chi connectivity index (χ0v) is 21.8. The second-order valence-electron chi connectivity index (χ2n) is 7.80. The van der Waals surface area contributed by atoms with Crippen molar-refractivity contribution >= 4 is 0 Å². The van der Waals surface area contributed by atoms with E-state index < -0.39 is 29.2 Å². The average molecular weight is 701 g/mol. The Labute approximate surface area is 228 Å². The number of aromatic nitrogens is 3. The molecule has 0 spiro atoms. The van der Waals surface area contributed by atoms with Crippen LogP contribution in [0.25, 0.3) is 11.3 Å². The molecule has 0 aliphatic carbocycles. The third-order valence-electron chi connectivity index (χ3n) is 5.34. The minimum atomic E-state index is -4.57. The van der Waals surface area contributed by atoms with Gasteiger partial charge < -0.3 is 10.1 Å². The fraction of sp³-hybridized carbons (Fsp3) is 0.0714. The molecule has 0 unspecified atom stereocenters. The maximum absolute atomic E-state index is 13.2. The molecule has 0 saturated carbocycles. The first-order valence-electron chi connectivity index (χ1n) is 10.9. The third kappa shape index (κ3) is 6.39. The van der Waals surface area contributed by atoms with Gasteiger partial charge in [0.15, 0.2) is 5.69 Å². The quantitative estimate of drug-likeness (QED) is 0.173. The summed E-state index contributed by atoms with van der Waals surface area (Å²) in [7, 11) is 0. The van der Waals surface area contributed by atoms with Crippen molar-refractivity contribution in [3.8, 4) is 11.3 Å². The van der Waals surface area contributed by atoms with Crippen LogP contribution >= 0.6 is 0 Å². The van der Waals surface area contributed by atoms with Crippen LogP contribution in [-0.4, -0.2) is 19.9 Å². The Hall–Kier alpha value is -3.72. The summed E-state index contributed by atoms with van der Waals surface area (Å²) in [5.41, 5.74) is -1.41. The number of nitrogens with zero attached hydrogens (tertiary/aromatic N) is 3. The van der Waals surface area contributed by atoms with Crippen LogP contribution in [-0.2, 0) is 32.0 Å². The second kappa shape index (κ2) is 12.2. The average Bonchev–Trinajstić information content (AvgIpc) is 3.42. The Kier molecular flexibility index (Phi) is 9.27. The largest absolute Gasteiger partial charge is 0.435 e. The van der Waals surface area contributed by atoms with Gasteiger partial charge in [0.05, 0.1) is 0 Å². The maximum atomic E-state index is 13.2. The zero-order valence-electron chi connectivity index (χ0n) is 19.4. The van der Waals surface area contributed by atoms with E-state index in [2.05, 4.69) is 16.1 Å². The molecule has 197 valence electrons. The predicted octanol–water partition coefficient (Wildman–Crippen LogP) is 6.47. The molecule has 0 fully saturated rings. The second-order valence-corrected chi connectivity index (χ2v) is 7.80. The van der Waals surface area contributed by atoms with Gasteiger partial charge in [0.25, 0.3) is 0 Å². The minimum absolute atomic E-state index is 0. The summed E-state index contributed by atoms with van der Waals surface area (Å²) < 4.78 is 65.2. The molecule has 0 saturated heterocycles. The summed E-state index contributed by atoms with van der Waals surface area (Å²) >= 11 is 0. The molecule has 3 aromatic carbocycles. The molecule has 2 aromatic heterocycles. The van der Waals surface area contributed by atoms with E-state index in [1.54, 1.807) is 85.1 Å². The molecule has 0 aliphatic rings. The standard InChI is InChI=1S/C17H13F3N2O.C11H6F2N.Ir/c18-17(19,20)15-11-12-22(21-15)16(23,13-7-3-1-4-8-13)14-9-5-2-6-10-14;12-8-4-5-9(10(13)7-8)11-3-1-2-6-14-11;/h1-12,23H;1-4,6-7H;/q;-1;. The molecule has 0 amide bonds. The summed E-state index contributed by atoms with van der Waals surface area (Å²) in [6.45, 7) is 0. The Morgan fingerprint density at radius 3 is 1.84 bits per heavy atom. The topological polar surface area (TPSA) is 50.9 Å². The van der Waals surface area contributed by atoms with E-state index in [0.29, 0.717) is 16.8 Å². The minimum Gasteiger partial charge on any atom is -0.362 e. The van der Waals surface area contributed by atoms with Crippen LogP contribution in [0.2, 0.25) is 0 Å². The third-order valence-corrected chi connectivity index (χ3v) is 5.34. The van der Waals surface area contributed by atoms with Gasteiger partial charge in [0.1, 0.15) is 0 Å². The van der Waals surface area contributed by atoms with Crippen molar-refractivity contribution in [3.05, 3.63) is 144 Å². The van der Waals surface area contributed by atoms with Crippen LogP contribution in [0.3, 0.4) is 0 Å². The summed E-state index contributed by atoms with van der Waals surface area (Å²) in [6, 6.07) is 27.3. The van der Waals surface area contributed by atoms with Crippen LogP contribution in [0.5, 0.6) is 0 Å². The van der Waals surface area contributed by atoms with Crippen LogP contribution in [0.1, 0.15) is 16.8 Å². The Balaban J connectivity index is 0.000000229. The Morgan fingerprint density at radius 1 is 0.789 bits per heavy atom. The zero-order chi connectivity index (χ0) is 26.5. The van der Waals surface area contributed by atoms with Gasteiger partial charge >= 0.3 is 6.18 Å². The van der Waals surface area contributed by atoms with Gasteiger partial charge in [-0.05, 0) is 17.8 Å². The van der Waals surface area contributed by atoms with Crippen molar-refractivity contribution in [2.75, 3.05) is 0 Å². The van der Waals surface area contributed by atoms with Crippen molar-refractivity contribution < 1.29 is 47.2 Å². The Bertz CT molecular complexity index is 1410. The molecule has 2 heterocycles. The van der Waals surface area contributed by atoms with E-state index in [0.717, 1.165) is 29.1 Å². The number of benzene rings is 3. The number of hydrogen-bond acceptors (Lipinski definition) is 3. The van der Waals surface area contributed by atoms with E-state index >= 15 is 0 Å². The first kappa shape index (κ1) is 28.8. The summed E-state index contributed by atoms with van der Waals surface area (Å²) in [6.07, 6.45) is -1.89. The first-order valence-corrected chi connectivity index (χ1v) is 10.9. The van der Waals surface area contributed by atoms with Crippen molar-refractivity contribution in [2.45, 2.75) is 11.9 Å². The van der Waals surface area contributed by atoms with Crippen molar-refractivity contribution in [1.29, 1.82) is 0 Å². The molecular weight excluding hydrogens is 682 g/mol. The van der Waals surface area contributed by atoms with Gasteiger partial charge in [-0.3, -0.25) is 8.78 Å². The molecule has 1 radical (unpaired) electrons. The molecule has 0 aliphatic heterocycles. The van der Waals surface area contributed by atoms with E-state index in [-0.39, 0.29) is 25.7 Å². The monoisotopic (exact) mass is 701 g/mol. The molecule has 0 atom stereocenters. The number of rotatable bonds is 4. The molecule has 0 bridgehead atoms. The normalized spacial score (nSPS) is 11.2. The predicted molar refractivity (Wildman–Crippen MR) is 127 cm³/mol. The van der Waals surface area contributed by atoms with Crippen LogP contribution < -0.4 is 0 Å². The molecule has 1 N–H and O–H groups in total. The van der Waals surface area contributed by atoms with Gasteiger partial charge in [0, 0.05) is 55.3 Å². The first-order chi connectivity index (χ1) is 17.7. The van der Waals surface area contributed by atoms with E-state index in [1.165, 1.54) is 0 Å². The van der Waals surface area contributed by atoms with Crippen molar-refractivity contribution in [1.82, 2.24) is 14.8 Å². The van der Waals surface area contributed by atoms with Crippen LogP contribution in [0.15, 0.2) is 109 Å². The summed E-state index contributed by atoms with van der Waals surface area (Å²) in [5, 5.41) is 14.8. The molecule has 38 heavy (non-hydrogen) atoms. The SMILES string of the molecule is Fc1c[c-]c(-c2ccccn2)c(F)c1.OC(c1ccccc1)(c1ccccc1)n1ccc(C(F)(F)F)n1.[Ir]. The molecule has 5 rings (SSSR count). The van der Waals surface area contributed by atoms with Gasteiger partial charge in [-0.2, -0.15) is 18.3 Å². The van der Waals surface area contributed by atoms with Gasteiger partial charge in [-0.15, -0.1) is 12.1 Å². The molecule has 10 heteroatoms. The number of alkyl halides is 3. The fourth-order valence-electron chi connectivity index (χ4n) is 3.58. The van der Waals surface area contributed by atoms with Gasteiger partial charge in [-0.25, -0.2) is 4.68 Å². The Morgan fingerprint density at radius 2 is 1.37 bits per heavy atom. The smallest absolute Gasteiger partial charge is 0.362 e. The number of hydrogen-bond donors (Lipinski definition) is 1. The van der Waals surface area contributed by atoms with E-state index in [4.69, 9.17) is 0 Å². The van der Waals surface area contributed by atoms with E-state index in [1.807, 2.05) is 0 Å². The van der Waals surface area contributed by atoms with Crippen molar-refractivity contribution in [3.63, 3.8) is 0 Å². The summed E-state index contributed by atoms with van der Waals surface area (Å²) in [5.74, 6) is -1.29. The summed E-state index contributed by atoms with van der Waals surface area (Å²) in [4.78, 5) is 3.95. The van der Waals surface area contributed by atoms with Gasteiger partial charge in [-0.1, -0.05) is 84.4 Å². The number of aliphatic hydroxyl groups is 1. The number of pyridine rings is 1. The molecule has 5 aromatic rings. The van der Waals surface area contributed by atoms with E-state index in [9.17, 15) is 27.1 Å². The fourth-order valence-corrected chi connectivity index (χ4v) is 3.58. The molecule has 4 nitrogen and oxygen atoms in total. The van der Waals surface area contributed by atoms with Crippen LogP contribution in [0.4, 0.5) is 22.0 Å². The maximum Gasteiger partial charge on any atom is 0.435 e. The number of halogens is 5. The van der Waals surface area contributed by atoms with Gasteiger partial charge in [0.2, 0.25) is 5.72 Å². The van der Waals surface area contributed by atoms with Crippen molar-refractivity contribution in [2.24, 2.45) is 0 Å². The van der Waals surface area contributed by atoms with Crippen LogP contribution in [0, 0.1) is 17.7 Å².